The first kappa shape index (κ1) is 21.7. The third-order valence-electron chi connectivity index (χ3n) is 4.98. The summed E-state index contributed by atoms with van der Waals surface area (Å²) in [7, 11) is 0. The number of fused-ring (bicyclic) bond motifs is 1. The molecule has 30 heavy (non-hydrogen) atoms. The zero-order valence-corrected chi connectivity index (χ0v) is 18.1. The van der Waals surface area contributed by atoms with Crippen molar-refractivity contribution in [3.8, 4) is 11.5 Å². The molecule has 0 aliphatic heterocycles. The maximum atomic E-state index is 12.7. The molecule has 0 fully saturated rings. The molecule has 0 spiro atoms. The van der Waals surface area contributed by atoms with Gasteiger partial charge in [0.05, 0.1) is 19.3 Å². The number of hydrogen-bond donors (Lipinski definition) is 2. The van der Waals surface area contributed by atoms with E-state index in [0.717, 1.165) is 33.5 Å². The average molecular weight is 407 g/mol. The fraction of sp³-hybridized carbons (Fsp3) is 0.320. The van der Waals surface area contributed by atoms with Crippen molar-refractivity contribution >= 4 is 22.4 Å². The van der Waals surface area contributed by atoms with Gasteiger partial charge in [-0.25, -0.2) is 0 Å². The number of rotatable bonds is 9. The van der Waals surface area contributed by atoms with E-state index >= 15 is 0 Å². The number of carbonyl (C=O) groups is 1. The molecule has 2 N–H and O–H groups in total. The molecule has 0 heterocycles. The first-order valence-corrected chi connectivity index (χ1v) is 10.5. The van der Waals surface area contributed by atoms with Crippen LogP contribution in [0.5, 0.6) is 11.5 Å². The topological polar surface area (TPSA) is 59.6 Å². The first-order chi connectivity index (χ1) is 14.5. The lowest BCUT2D eigenvalue weighted by atomic mass is 10.1. The van der Waals surface area contributed by atoms with Crippen LogP contribution < -0.4 is 20.1 Å². The van der Waals surface area contributed by atoms with Crippen molar-refractivity contribution in [3.05, 3.63) is 66.2 Å². The second-order valence-corrected chi connectivity index (χ2v) is 7.23. The van der Waals surface area contributed by atoms with Gasteiger partial charge in [-0.3, -0.25) is 10.1 Å². The largest absolute Gasteiger partial charge is 0.490 e. The van der Waals surface area contributed by atoms with E-state index in [1.54, 1.807) is 0 Å². The van der Waals surface area contributed by atoms with Crippen molar-refractivity contribution < 1.29 is 14.3 Å². The van der Waals surface area contributed by atoms with Crippen LogP contribution in [0.25, 0.3) is 10.8 Å². The van der Waals surface area contributed by atoms with Gasteiger partial charge in [0.25, 0.3) is 0 Å². The summed E-state index contributed by atoms with van der Waals surface area (Å²) >= 11 is 0. The summed E-state index contributed by atoms with van der Waals surface area (Å²) in [6, 6.07) is 19.5. The SMILES string of the molecule is CCOc1ccc([C@@H](C)N[C@H](C)C(=O)Nc2ccc3ccccc3c2)cc1OCC. The molecule has 2 atom stereocenters. The van der Waals surface area contributed by atoms with Gasteiger partial charge >= 0.3 is 0 Å². The summed E-state index contributed by atoms with van der Waals surface area (Å²) in [4.78, 5) is 12.7. The van der Waals surface area contributed by atoms with E-state index in [1.807, 2.05) is 82.3 Å². The zero-order chi connectivity index (χ0) is 21.5. The second-order valence-electron chi connectivity index (χ2n) is 7.23. The van der Waals surface area contributed by atoms with E-state index in [9.17, 15) is 4.79 Å². The quantitative estimate of drug-likeness (QED) is 0.505. The first-order valence-electron chi connectivity index (χ1n) is 10.5. The Morgan fingerprint density at radius 2 is 1.57 bits per heavy atom. The van der Waals surface area contributed by atoms with Crippen molar-refractivity contribution in [2.75, 3.05) is 18.5 Å². The van der Waals surface area contributed by atoms with Crippen LogP contribution >= 0.6 is 0 Å². The molecular weight excluding hydrogens is 376 g/mol. The van der Waals surface area contributed by atoms with Crippen molar-refractivity contribution in [2.45, 2.75) is 39.8 Å². The van der Waals surface area contributed by atoms with Gasteiger partial charge in [-0.05, 0) is 68.3 Å². The molecule has 5 heteroatoms. The van der Waals surface area contributed by atoms with E-state index in [4.69, 9.17) is 9.47 Å². The summed E-state index contributed by atoms with van der Waals surface area (Å²) < 4.78 is 11.3. The van der Waals surface area contributed by atoms with Gasteiger partial charge < -0.3 is 14.8 Å². The Labute approximate surface area is 178 Å². The lowest BCUT2D eigenvalue weighted by molar-refractivity contribution is -0.117. The molecule has 0 bridgehead atoms. The molecule has 0 saturated carbocycles. The van der Waals surface area contributed by atoms with Crippen molar-refractivity contribution in [2.24, 2.45) is 0 Å². The standard InChI is InChI=1S/C25H30N2O3/c1-5-29-23-14-12-20(16-24(23)30-6-2)17(3)26-18(4)25(28)27-22-13-11-19-9-7-8-10-21(19)15-22/h7-18,26H,5-6H2,1-4H3,(H,27,28)/t17-,18-/m1/s1. The minimum Gasteiger partial charge on any atom is -0.490 e. The molecule has 1 amide bonds. The van der Waals surface area contributed by atoms with Gasteiger partial charge in [0.15, 0.2) is 11.5 Å². The van der Waals surface area contributed by atoms with Crippen LogP contribution in [0, 0.1) is 0 Å². The van der Waals surface area contributed by atoms with Crippen LogP contribution in [-0.4, -0.2) is 25.2 Å². The lowest BCUT2D eigenvalue weighted by Gasteiger charge is -2.21. The molecule has 0 aromatic heterocycles. The highest BCUT2D eigenvalue weighted by atomic mass is 16.5. The molecular formula is C25H30N2O3. The number of amides is 1. The summed E-state index contributed by atoms with van der Waals surface area (Å²) in [5.74, 6) is 1.38. The van der Waals surface area contributed by atoms with Crippen molar-refractivity contribution in [1.29, 1.82) is 0 Å². The average Bonchev–Trinajstić information content (AvgIpc) is 2.75. The van der Waals surface area contributed by atoms with Gasteiger partial charge in [0.2, 0.25) is 5.91 Å². The van der Waals surface area contributed by atoms with Crippen LogP contribution in [0.4, 0.5) is 5.69 Å². The number of ether oxygens (including phenoxy) is 2. The van der Waals surface area contributed by atoms with Crippen molar-refractivity contribution in [3.63, 3.8) is 0 Å². The fourth-order valence-electron chi connectivity index (χ4n) is 3.40. The Morgan fingerprint density at radius 3 is 2.30 bits per heavy atom. The minimum atomic E-state index is -0.367. The molecule has 3 aromatic rings. The Kier molecular flexibility index (Phi) is 7.31. The van der Waals surface area contributed by atoms with Gasteiger partial charge in [-0.1, -0.05) is 36.4 Å². The molecule has 0 unspecified atom stereocenters. The predicted octanol–water partition coefficient (Wildman–Crippen LogP) is 5.32. The van der Waals surface area contributed by atoms with E-state index in [-0.39, 0.29) is 18.0 Å². The smallest absolute Gasteiger partial charge is 0.241 e. The van der Waals surface area contributed by atoms with E-state index in [1.165, 1.54) is 0 Å². The number of carbonyl (C=O) groups excluding carboxylic acids is 1. The lowest BCUT2D eigenvalue weighted by Crippen LogP contribution is -2.39. The Bertz CT molecular complexity index is 1000. The molecule has 158 valence electrons. The van der Waals surface area contributed by atoms with Gasteiger partial charge in [0.1, 0.15) is 0 Å². The van der Waals surface area contributed by atoms with Gasteiger partial charge in [-0.15, -0.1) is 0 Å². The van der Waals surface area contributed by atoms with Gasteiger partial charge in [-0.2, -0.15) is 0 Å². The fourth-order valence-corrected chi connectivity index (χ4v) is 3.40. The highest BCUT2D eigenvalue weighted by Crippen LogP contribution is 2.31. The van der Waals surface area contributed by atoms with Crippen LogP contribution in [0.1, 0.15) is 39.3 Å². The summed E-state index contributed by atoms with van der Waals surface area (Å²) in [5.41, 5.74) is 1.83. The molecule has 0 saturated heterocycles. The molecule has 0 radical (unpaired) electrons. The maximum Gasteiger partial charge on any atom is 0.241 e. The van der Waals surface area contributed by atoms with Gasteiger partial charge in [0, 0.05) is 11.7 Å². The molecule has 0 aliphatic rings. The third kappa shape index (κ3) is 5.30. The Hall–Kier alpha value is -3.05. The predicted molar refractivity (Wildman–Crippen MR) is 122 cm³/mol. The van der Waals surface area contributed by atoms with E-state index < -0.39 is 0 Å². The molecule has 5 nitrogen and oxygen atoms in total. The Balaban J connectivity index is 1.65. The van der Waals surface area contributed by atoms with Crippen molar-refractivity contribution in [1.82, 2.24) is 5.32 Å². The van der Waals surface area contributed by atoms with Crippen LogP contribution in [0.3, 0.4) is 0 Å². The second kappa shape index (κ2) is 10.1. The van der Waals surface area contributed by atoms with Crippen LogP contribution in [0.15, 0.2) is 60.7 Å². The summed E-state index contributed by atoms with van der Waals surface area (Å²) in [6.45, 7) is 8.94. The minimum absolute atomic E-state index is 0.0303. The van der Waals surface area contributed by atoms with E-state index in [2.05, 4.69) is 16.7 Å². The molecule has 3 aromatic carbocycles. The number of anilines is 1. The maximum absolute atomic E-state index is 12.7. The third-order valence-corrected chi connectivity index (χ3v) is 4.98. The number of nitrogens with one attached hydrogen (secondary N) is 2. The number of benzene rings is 3. The Morgan fingerprint density at radius 1 is 0.867 bits per heavy atom. The number of hydrogen-bond acceptors (Lipinski definition) is 4. The van der Waals surface area contributed by atoms with Crippen LogP contribution in [-0.2, 0) is 4.79 Å². The summed E-state index contributed by atoms with van der Waals surface area (Å²) in [6.07, 6.45) is 0. The van der Waals surface area contributed by atoms with E-state index in [0.29, 0.717) is 13.2 Å². The highest BCUT2D eigenvalue weighted by molar-refractivity contribution is 5.97. The molecule has 3 rings (SSSR count). The van der Waals surface area contributed by atoms with Crippen LogP contribution in [0.2, 0.25) is 0 Å². The summed E-state index contributed by atoms with van der Waals surface area (Å²) in [5, 5.41) is 8.62. The monoisotopic (exact) mass is 406 g/mol. The zero-order valence-electron chi connectivity index (χ0n) is 18.1. The normalized spacial score (nSPS) is 12.9. The highest BCUT2D eigenvalue weighted by Gasteiger charge is 2.18. The molecule has 0 aliphatic carbocycles.